The Kier molecular flexibility index (Phi) is 4.39. The first kappa shape index (κ1) is 14.5. The molecule has 1 aromatic rings. The third-order valence-electron chi connectivity index (χ3n) is 2.78. The van der Waals surface area contributed by atoms with Gasteiger partial charge >= 0.3 is 0 Å². The van der Waals surface area contributed by atoms with Crippen molar-refractivity contribution in [2.75, 3.05) is 17.6 Å². The van der Waals surface area contributed by atoms with Crippen molar-refractivity contribution in [2.45, 2.75) is 12.2 Å². The number of benzene rings is 1. The third-order valence-corrected chi connectivity index (χ3v) is 3.90. The van der Waals surface area contributed by atoms with E-state index in [1.165, 1.54) is 30.0 Å². The predicted octanol–water partition coefficient (Wildman–Crippen LogP) is 1.25. The molecule has 1 heterocycles. The van der Waals surface area contributed by atoms with E-state index in [1.54, 1.807) is 6.92 Å². The number of anilines is 1. The lowest BCUT2D eigenvalue weighted by atomic mass is 10.3. The molecular weight excluding hydrogens is 283 g/mol. The molecule has 0 bridgehead atoms. The van der Waals surface area contributed by atoms with Gasteiger partial charge in [0.05, 0.1) is 11.0 Å². The van der Waals surface area contributed by atoms with Gasteiger partial charge in [-0.15, -0.1) is 11.8 Å². The summed E-state index contributed by atoms with van der Waals surface area (Å²) in [5, 5.41) is 2.12. The fourth-order valence-electron chi connectivity index (χ4n) is 1.76. The molecule has 1 aliphatic heterocycles. The van der Waals surface area contributed by atoms with Crippen molar-refractivity contribution in [3.05, 3.63) is 30.1 Å². The lowest BCUT2D eigenvalue weighted by molar-refractivity contribution is -0.145. The molecule has 0 unspecified atom stereocenters. The van der Waals surface area contributed by atoms with Gasteiger partial charge < -0.3 is 5.32 Å². The molecule has 2 rings (SSSR count). The summed E-state index contributed by atoms with van der Waals surface area (Å²) in [6.07, 6.45) is 0. The van der Waals surface area contributed by atoms with Crippen molar-refractivity contribution in [3.8, 4) is 0 Å². The van der Waals surface area contributed by atoms with Gasteiger partial charge in [0.15, 0.2) is 0 Å². The smallest absolute Gasteiger partial charge is 0.244 e. The maximum Gasteiger partial charge on any atom is 0.244 e. The molecule has 3 amide bonds. The molecule has 20 heavy (non-hydrogen) atoms. The summed E-state index contributed by atoms with van der Waals surface area (Å²) in [6.45, 7) is 1.34. The minimum atomic E-state index is -0.531. The van der Waals surface area contributed by atoms with Crippen LogP contribution in [0.1, 0.15) is 6.92 Å². The number of amides is 3. The molecule has 0 aromatic heterocycles. The van der Waals surface area contributed by atoms with Gasteiger partial charge in [-0.05, 0) is 25.1 Å². The van der Waals surface area contributed by atoms with Gasteiger partial charge in [0.25, 0.3) is 0 Å². The zero-order chi connectivity index (χ0) is 14.7. The van der Waals surface area contributed by atoms with E-state index >= 15 is 0 Å². The van der Waals surface area contributed by atoms with Gasteiger partial charge in [0.1, 0.15) is 12.4 Å². The minimum Gasteiger partial charge on any atom is -0.324 e. The van der Waals surface area contributed by atoms with Crippen molar-refractivity contribution in [2.24, 2.45) is 0 Å². The average molecular weight is 296 g/mol. The number of hydrogen-bond donors (Lipinski definition) is 1. The summed E-state index contributed by atoms with van der Waals surface area (Å²) in [5.41, 5.74) is 0.286. The van der Waals surface area contributed by atoms with E-state index in [9.17, 15) is 18.8 Å². The van der Waals surface area contributed by atoms with Crippen LogP contribution in [-0.2, 0) is 14.4 Å². The fraction of sp³-hybridized carbons (Fsp3) is 0.308. The van der Waals surface area contributed by atoms with Crippen molar-refractivity contribution in [1.29, 1.82) is 0 Å². The highest BCUT2D eigenvalue weighted by Gasteiger charge is 2.33. The Labute approximate surface area is 119 Å². The number of thioether (sulfide) groups is 1. The van der Waals surface area contributed by atoms with E-state index in [0.29, 0.717) is 0 Å². The number of carbonyl (C=O) groups excluding carboxylic acids is 3. The van der Waals surface area contributed by atoms with Crippen molar-refractivity contribution >= 4 is 35.2 Å². The number of imide groups is 1. The van der Waals surface area contributed by atoms with Crippen LogP contribution in [0.4, 0.5) is 10.1 Å². The van der Waals surface area contributed by atoms with Crippen LogP contribution in [0.2, 0.25) is 0 Å². The van der Waals surface area contributed by atoms with E-state index in [4.69, 9.17) is 0 Å². The van der Waals surface area contributed by atoms with Gasteiger partial charge in [0, 0.05) is 5.69 Å². The van der Waals surface area contributed by atoms with E-state index in [0.717, 1.165) is 11.0 Å². The number of halogens is 1. The average Bonchev–Trinajstić information content (AvgIpc) is 2.39. The Morgan fingerprint density at radius 1 is 1.50 bits per heavy atom. The first-order valence-electron chi connectivity index (χ1n) is 5.98. The molecule has 1 aliphatic rings. The molecule has 5 nitrogen and oxygen atoms in total. The Morgan fingerprint density at radius 3 is 2.95 bits per heavy atom. The van der Waals surface area contributed by atoms with Gasteiger partial charge in [-0.1, -0.05) is 6.07 Å². The summed E-state index contributed by atoms with van der Waals surface area (Å²) >= 11 is 1.25. The number of nitrogens with zero attached hydrogens (tertiary/aromatic N) is 1. The molecular formula is C13H13FN2O3S. The summed E-state index contributed by atoms with van der Waals surface area (Å²) in [7, 11) is 0. The molecule has 0 saturated carbocycles. The Bertz CT molecular complexity index is 564. The summed E-state index contributed by atoms with van der Waals surface area (Å²) in [4.78, 5) is 36.2. The summed E-state index contributed by atoms with van der Waals surface area (Å²) < 4.78 is 13.0. The SMILES string of the molecule is C[C@@H]1SCC(=O)N(CC(=O)Nc2cccc(F)c2)C1=O. The van der Waals surface area contributed by atoms with Gasteiger partial charge in [0.2, 0.25) is 17.7 Å². The van der Waals surface area contributed by atoms with Crippen LogP contribution >= 0.6 is 11.8 Å². The molecule has 7 heteroatoms. The number of nitrogens with one attached hydrogen (secondary N) is 1. The lowest BCUT2D eigenvalue weighted by Gasteiger charge is -2.27. The fourth-order valence-corrected chi connectivity index (χ4v) is 2.58. The van der Waals surface area contributed by atoms with Crippen molar-refractivity contribution < 1.29 is 18.8 Å². The zero-order valence-electron chi connectivity index (χ0n) is 10.8. The standard InChI is InChI=1S/C13H13FN2O3S/c1-8-13(19)16(12(18)7-20-8)6-11(17)15-10-4-2-3-9(14)5-10/h2-5,8H,6-7H2,1H3,(H,15,17)/t8-/m0/s1. The molecule has 106 valence electrons. The normalized spacial score (nSPS) is 19.1. The molecule has 1 fully saturated rings. The molecule has 1 N–H and O–H groups in total. The van der Waals surface area contributed by atoms with Crippen LogP contribution < -0.4 is 5.32 Å². The maximum absolute atomic E-state index is 13.0. The van der Waals surface area contributed by atoms with Crippen LogP contribution in [-0.4, -0.2) is 40.2 Å². The predicted molar refractivity (Wildman–Crippen MR) is 73.7 cm³/mol. The van der Waals surface area contributed by atoms with Crippen LogP contribution in [0.5, 0.6) is 0 Å². The molecule has 1 aromatic carbocycles. The molecule has 0 spiro atoms. The second-order valence-electron chi connectivity index (χ2n) is 4.33. The topological polar surface area (TPSA) is 66.5 Å². The van der Waals surface area contributed by atoms with Crippen LogP contribution in [0.25, 0.3) is 0 Å². The van der Waals surface area contributed by atoms with Crippen LogP contribution in [0.15, 0.2) is 24.3 Å². The zero-order valence-corrected chi connectivity index (χ0v) is 11.6. The Morgan fingerprint density at radius 2 is 2.25 bits per heavy atom. The Hall–Kier alpha value is -1.89. The summed E-state index contributed by atoms with van der Waals surface area (Å²) in [5.74, 6) is -1.58. The first-order chi connectivity index (χ1) is 9.47. The van der Waals surface area contributed by atoms with Crippen molar-refractivity contribution in [1.82, 2.24) is 4.90 Å². The van der Waals surface area contributed by atoms with E-state index < -0.39 is 11.7 Å². The van der Waals surface area contributed by atoms with Crippen LogP contribution in [0.3, 0.4) is 0 Å². The van der Waals surface area contributed by atoms with E-state index in [1.807, 2.05) is 0 Å². The second kappa shape index (κ2) is 6.04. The first-order valence-corrected chi connectivity index (χ1v) is 7.03. The van der Waals surface area contributed by atoms with E-state index in [2.05, 4.69) is 5.32 Å². The van der Waals surface area contributed by atoms with Gasteiger partial charge in [-0.2, -0.15) is 0 Å². The number of rotatable bonds is 3. The number of hydrogen-bond acceptors (Lipinski definition) is 4. The van der Waals surface area contributed by atoms with Gasteiger partial charge in [-0.3, -0.25) is 19.3 Å². The van der Waals surface area contributed by atoms with Crippen molar-refractivity contribution in [3.63, 3.8) is 0 Å². The van der Waals surface area contributed by atoms with Gasteiger partial charge in [-0.25, -0.2) is 4.39 Å². The second-order valence-corrected chi connectivity index (χ2v) is 5.66. The maximum atomic E-state index is 13.0. The largest absolute Gasteiger partial charge is 0.324 e. The quantitative estimate of drug-likeness (QED) is 0.853. The highest BCUT2D eigenvalue weighted by Crippen LogP contribution is 2.20. The molecule has 0 aliphatic carbocycles. The highest BCUT2D eigenvalue weighted by atomic mass is 32.2. The summed E-state index contributed by atoms with van der Waals surface area (Å²) in [6, 6.07) is 5.41. The monoisotopic (exact) mass is 296 g/mol. The molecule has 1 saturated heterocycles. The number of carbonyl (C=O) groups is 3. The highest BCUT2D eigenvalue weighted by molar-refractivity contribution is 8.01. The Balaban J connectivity index is 2.00. The minimum absolute atomic E-state index is 0.181. The molecule has 1 atom stereocenters. The molecule has 0 radical (unpaired) electrons. The van der Waals surface area contributed by atoms with E-state index in [-0.39, 0.29) is 35.0 Å². The lowest BCUT2D eigenvalue weighted by Crippen LogP contribution is -2.49. The van der Waals surface area contributed by atoms with Crippen LogP contribution in [0, 0.1) is 5.82 Å². The third kappa shape index (κ3) is 3.36.